The summed E-state index contributed by atoms with van der Waals surface area (Å²) < 4.78 is 38.2. The van der Waals surface area contributed by atoms with Gasteiger partial charge in [-0.3, -0.25) is 0 Å². The molecule has 1 aliphatic carbocycles. The quantitative estimate of drug-likeness (QED) is 0.916. The summed E-state index contributed by atoms with van der Waals surface area (Å²) in [6.07, 6.45) is -3.20. The molecule has 0 radical (unpaired) electrons. The number of aromatic nitrogens is 1. The fourth-order valence-electron chi connectivity index (χ4n) is 3.52. The maximum Gasteiger partial charge on any atom is 0.433 e. The summed E-state index contributed by atoms with van der Waals surface area (Å²) in [7, 11) is 0. The molecule has 1 aromatic heterocycles. The third-order valence-corrected chi connectivity index (χ3v) is 4.86. The number of hydrogen-bond acceptors (Lipinski definition) is 2. The predicted octanol–water partition coefficient (Wildman–Crippen LogP) is 3.63. The molecule has 1 aromatic carbocycles. The van der Waals surface area contributed by atoms with Gasteiger partial charge in [0, 0.05) is 17.5 Å². The molecule has 2 aromatic rings. The van der Waals surface area contributed by atoms with Crippen LogP contribution in [0.4, 0.5) is 13.2 Å². The largest absolute Gasteiger partial charge is 0.433 e. The van der Waals surface area contributed by atoms with Gasteiger partial charge in [0.05, 0.1) is 5.69 Å². The van der Waals surface area contributed by atoms with Crippen molar-refractivity contribution in [1.82, 2.24) is 10.3 Å². The number of fused-ring (bicyclic) bond motifs is 1. The van der Waals surface area contributed by atoms with Crippen molar-refractivity contribution in [2.24, 2.45) is 5.92 Å². The van der Waals surface area contributed by atoms with E-state index in [1.807, 2.05) is 24.3 Å². The van der Waals surface area contributed by atoms with Gasteiger partial charge in [-0.05, 0) is 36.6 Å². The van der Waals surface area contributed by atoms with Crippen LogP contribution in [0.25, 0.3) is 11.3 Å². The lowest BCUT2D eigenvalue weighted by atomic mass is 9.94. The van der Waals surface area contributed by atoms with Crippen LogP contribution in [0.2, 0.25) is 0 Å². The van der Waals surface area contributed by atoms with Gasteiger partial charge < -0.3 is 5.32 Å². The fraction of sp³-hybridized carbons (Fsp3) is 0.353. The Kier molecular flexibility index (Phi) is 2.85. The smallest absolute Gasteiger partial charge is 0.316 e. The molecule has 4 rings (SSSR count). The van der Waals surface area contributed by atoms with Gasteiger partial charge in [-0.2, -0.15) is 13.2 Å². The average molecular weight is 304 g/mol. The average Bonchev–Trinajstić information content (AvgIpc) is 3.08. The predicted molar refractivity (Wildman–Crippen MR) is 77.3 cm³/mol. The second kappa shape index (κ2) is 4.56. The minimum Gasteiger partial charge on any atom is -0.316 e. The molecule has 1 aliphatic heterocycles. The highest BCUT2D eigenvalue weighted by molar-refractivity contribution is 5.60. The van der Waals surface area contributed by atoms with E-state index in [0.717, 1.165) is 24.7 Å². The van der Waals surface area contributed by atoms with Crippen molar-refractivity contribution in [2.45, 2.75) is 18.0 Å². The molecule has 2 atom stereocenters. The lowest BCUT2D eigenvalue weighted by molar-refractivity contribution is -0.141. The molecule has 0 bridgehead atoms. The Hall–Kier alpha value is -1.88. The van der Waals surface area contributed by atoms with Gasteiger partial charge in [-0.15, -0.1) is 0 Å². The zero-order chi connectivity index (χ0) is 15.4. The number of halogens is 3. The molecule has 22 heavy (non-hydrogen) atoms. The molecule has 0 amide bonds. The first-order valence-electron chi connectivity index (χ1n) is 7.35. The van der Waals surface area contributed by atoms with Crippen molar-refractivity contribution in [2.75, 3.05) is 13.1 Å². The molecule has 2 fully saturated rings. The van der Waals surface area contributed by atoms with E-state index in [4.69, 9.17) is 0 Å². The van der Waals surface area contributed by atoms with Crippen LogP contribution in [0.3, 0.4) is 0 Å². The number of rotatable bonds is 2. The highest BCUT2D eigenvalue weighted by Crippen LogP contribution is 2.56. The van der Waals surface area contributed by atoms with Crippen LogP contribution in [-0.4, -0.2) is 18.1 Å². The molecule has 114 valence electrons. The monoisotopic (exact) mass is 304 g/mol. The Morgan fingerprint density at radius 2 is 1.86 bits per heavy atom. The van der Waals surface area contributed by atoms with E-state index in [2.05, 4.69) is 10.3 Å². The Bertz CT molecular complexity index is 709. The number of nitrogens with one attached hydrogen (secondary N) is 1. The molecule has 0 spiro atoms. The normalized spacial score (nSPS) is 26.8. The molecule has 2 aliphatic rings. The lowest BCUT2D eigenvalue weighted by Crippen LogP contribution is -2.19. The van der Waals surface area contributed by atoms with Gasteiger partial charge in [-0.1, -0.05) is 30.3 Å². The summed E-state index contributed by atoms with van der Waals surface area (Å²) in [5.74, 6) is 0.713. The van der Waals surface area contributed by atoms with Crippen LogP contribution in [0, 0.1) is 5.92 Å². The molecule has 2 nitrogen and oxygen atoms in total. The van der Waals surface area contributed by atoms with Gasteiger partial charge >= 0.3 is 6.18 Å². The van der Waals surface area contributed by atoms with E-state index in [9.17, 15) is 13.2 Å². The summed E-state index contributed by atoms with van der Waals surface area (Å²) in [6.45, 7) is 2.07. The number of pyridine rings is 1. The van der Waals surface area contributed by atoms with E-state index in [1.54, 1.807) is 6.07 Å². The third-order valence-electron chi connectivity index (χ3n) is 4.86. The maximum atomic E-state index is 12.7. The summed E-state index contributed by atoms with van der Waals surface area (Å²) in [5, 5.41) is 3.39. The lowest BCUT2D eigenvalue weighted by Gasteiger charge is -2.13. The molecule has 0 unspecified atom stereocenters. The summed E-state index contributed by atoms with van der Waals surface area (Å²) in [5.41, 5.74) is 1.76. The van der Waals surface area contributed by atoms with Crippen molar-refractivity contribution < 1.29 is 13.2 Å². The number of hydrogen-bond donors (Lipinski definition) is 1. The Morgan fingerprint density at radius 3 is 2.45 bits per heavy atom. The van der Waals surface area contributed by atoms with E-state index in [0.29, 0.717) is 11.6 Å². The van der Waals surface area contributed by atoms with Gasteiger partial charge in [-0.25, -0.2) is 4.98 Å². The standard InChI is InChI=1S/C17H15F3N2/c18-17(19,20)15-3-1-2-14(22-15)11-4-6-12(7-5-11)16-8-13(16)9-21-10-16/h1-7,13,21H,8-10H2/t13-,16+/m1/s1. The number of benzene rings is 1. The van der Waals surface area contributed by atoms with Crippen molar-refractivity contribution in [1.29, 1.82) is 0 Å². The molecular formula is C17H15F3N2. The van der Waals surface area contributed by atoms with Gasteiger partial charge in [0.1, 0.15) is 5.69 Å². The van der Waals surface area contributed by atoms with Crippen LogP contribution in [0.1, 0.15) is 17.7 Å². The minimum absolute atomic E-state index is 0.264. The Labute approximate surface area is 126 Å². The Balaban J connectivity index is 1.64. The summed E-state index contributed by atoms with van der Waals surface area (Å²) in [6, 6.07) is 11.8. The van der Waals surface area contributed by atoms with Crippen molar-refractivity contribution in [3.05, 3.63) is 53.7 Å². The van der Waals surface area contributed by atoms with Crippen LogP contribution in [0.5, 0.6) is 0 Å². The number of nitrogens with zero attached hydrogens (tertiary/aromatic N) is 1. The van der Waals surface area contributed by atoms with E-state index in [-0.39, 0.29) is 5.41 Å². The second-order valence-corrected chi connectivity index (χ2v) is 6.17. The van der Waals surface area contributed by atoms with Gasteiger partial charge in [0.15, 0.2) is 0 Å². The van der Waals surface area contributed by atoms with E-state index < -0.39 is 11.9 Å². The van der Waals surface area contributed by atoms with Crippen molar-refractivity contribution in [3.8, 4) is 11.3 Å². The second-order valence-electron chi connectivity index (χ2n) is 6.17. The zero-order valence-corrected chi connectivity index (χ0v) is 11.8. The van der Waals surface area contributed by atoms with Crippen LogP contribution in [0.15, 0.2) is 42.5 Å². The first-order chi connectivity index (χ1) is 10.5. The van der Waals surface area contributed by atoms with Gasteiger partial charge in [0.25, 0.3) is 0 Å². The summed E-state index contributed by atoms with van der Waals surface area (Å²) in [4.78, 5) is 3.73. The zero-order valence-electron chi connectivity index (χ0n) is 11.8. The maximum absolute atomic E-state index is 12.7. The molecular weight excluding hydrogens is 289 g/mol. The van der Waals surface area contributed by atoms with Crippen molar-refractivity contribution in [3.63, 3.8) is 0 Å². The molecule has 1 saturated heterocycles. The SMILES string of the molecule is FC(F)(F)c1cccc(-c2ccc([C@]34CNC[C@H]3C4)cc2)n1. The molecule has 2 heterocycles. The molecule has 1 N–H and O–H groups in total. The Morgan fingerprint density at radius 1 is 1.09 bits per heavy atom. The van der Waals surface area contributed by atoms with E-state index in [1.165, 1.54) is 18.1 Å². The highest BCUT2D eigenvalue weighted by atomic mass is 19.4. The van der Waals surface area contributed by atoms with Crippen molar-refractivity contribution >= 4 is 0 Å². The van der Waals surface area contributed by atoms with E-state index >= 15 is 0 Å². The molecule has 5 heteroatoms. The van der Waals surface area contributed by atoms with Gasteiger partial charge in [0.2, 0.25) is 0 Å². The van der Waals surface area contributed by atoms with Crippen LogP contribution >= 0.6 is 0 Å². The highest BCUT2D eigenvalue weighted by Gasteiger charge is 2.57. The first-order valence-corrected chi connectivity index (χ1v) is 7.35. The fourth-order valence-corrected chi connectivity index (χ4v) is 3.52. The van der Waals surface area contributed by atoms with Crippen LogP contribution < -0.4 is 5.32 Å². The minimum atomic E-state index is -4.41. The number of alkyl halides is 3. The topological polar surface area (TPSA) is 24.9 Å². The first kappa shape index (κ1) is 13.8. The summed E-state index contributed by atoms with van der Waals surface area (Å²) >= 11 is 0. The molecule has 1 saturated carbocycles. The van der Waals surface area contributed by atoms with Crippen LogP contribution in [-0.2, 0) is 11.6 Å². The third kappa shape index (κ3) is 2.11. The number of piperidine rings is 1.